The van der Waals surface area contributed by atoms with Gasteiger partial charge in [-0.15, -0.1) is 0 Å². The van der Waals surface area contributed by atoms with Crippen molar-refractivity contribution < 1.29 is 9.32 Å². The molecule has 3 N–H and O–H groups in total. The highest BCUT2D eigenvalue weighted by Crippen LogP contribution is 2.14. The van der Waals surface area contributed by atoms with Crippen molar-refractivity contribution in [1.82, 2.24) is 30.4 Å². The summed E-state index contributed by atoms with van der Waals surface area (Å²) in [6.45, 7) is 3.99. The summed E-state index contributed by atoms with van der Waals surface area (Å²) in [6, 6.07) is 7.00. The minimum atomic E-state index is -0.395. The first-order valence-corrected chi connectivity index (χ1v) is 7.69. The van der Waals surface area contributed by atoms with Crippen molar-refractivity contribution >= 4 is 11.9 Å². The lowest BCUT2D eigenvalue weighted by molar-refractivity contribution is 0.0941. The van der Waals surface area contributed by atoms with Gasteiger partial charge in [-0.1, -0.05) is 25.1 Å². The Balaban J connectivity index is 1.68. The molecule has 128 valence electrons. The highest BCUT2D eigenvalue weighted by atomic mass is 16.5. The van der Waals surface area contributed by atoms with Gasteiger partial charge in [-0.2, -0.15) is 4.98 Å². The fraction of sp³-hybridized carbons (Fsp3) is 0.250. The number of pyridine rings is 1. The topological polar surface area (TPSA) is 133 Å². The van der Waals surface area contributed by atoms with Crippen LogP contribution >= 0.6 is 0 Å². The molecule has 1 amide bonds. The van der Waals surface area contributed by atoms with Crippen LogP contribution in [0, 0.1) is 0 Å². The molecular weight excluding hydrogens is 322 g/mol. The Kier molecular flexibility index (Phi) is 4.64. The number of nitrogen functional groups attached to an aromatic ring is 1. The van der Waals surface area contributed by atoms with Crippen molar-refractivity contribution in [2.75, 3.05) is 5.73 Å². The van der Waals surface area contributed by atoms with E-state index in [9.17, 15) is 4.79 Å². The van der Waals surface area contributed by atoms with Crippen LogP contribution in [0.15, 0.2) is 35.0 Å². The summed E-state index contributed by atoms with van der Waals surface area (Å²) in [4.78, 5) is 28.7. The predicted molar refractivity (Wildman–Crippen MR) is 89.2 cm³/mol. The van der Waals surface area contributed by atoms with E-state index >= 15 is 0 Å². The van der Waals surface area contributed by atoms with Crippen LogP contribution in [0.4, 0.5) is 5.95 Å². The van der Waals surface area contributed by atoms with E-state index in [2.05, 4.69) is 30.4 Å². The number of nitrogens with two attached hydrogens (primary N) is 1. The molecule has 3 aromatic heterocycles. The van der Waals surface area contributed by atoms with Crippen molar-refractivity contribution in [2.24, 2.45) is 0 Å². The molecule has 25 heavy (non-hydrogen) atoms. The minimum Gasteiger partial charge on any atom is -0.368 e. The number of carbonyl (C=O) groups is 1. The maximum Gasteiger partial charge on any atom is 0.270 e. The van der Waals surface area contributed by atoms with Gasteiger partial charge in [0, 0.05) is 11.9 Å². The average Bonchev–Trinajstić information content (AvgIpc) is 3.09. The van der Waals surface area contributed by atoms with Crippen molar-refractivity contribution in [1.29, 1.82) is 0 Å². The first-order valence-electron chi connectivity index (χ1n) is 7.69. The van der Waals surface area contributed by atoms with E-state index in [-0.39, 0.29) is 30.0 Å². The molecule has 0 spiro atoms. The van der Waals surface area contributed by atoms with Gasteiger partial charge in [0.1, 0.15) is 11.4 Å². The van der Waals surface area contributed by atoms with E-state index < -0.39 is 5.91 Å². The van der Waals surface area contributed by atoms with E-state index in [1.165, 1.54) is 0 Å². The van der Waals surface area contributed by atoms with Gasteiger partial charge in [0.25, 0.3) is 5.91 Å². The molecule has 9 nitrogen and oxygen atoms in total. The van der Waals surface area contributed by atoms with E-state index in [0.717, 1.165) is 0 Å². The maximum atomic E-state index is 12.3. The number of hydrogen-bond acceptors (Lipinski definition) is 8. The fourth-order valence-corrected chi connectivity index (χ4v) is 2.07. The lowest BCUT2D eigenvalue weighted by Gasteiger charge is -2.08. The second-order valence-corrected chi connectivity index (χ2v) is 5.60. The molecule has 0 aliphatic carbocycles. The Hall–Kier alpha value is -3.36. The molecule has 0 saturated heterocycles. The van der Waals surface area contributed by atoms with Gasteiger partial charge in [-0.05, 0) is 24.1 Å². The van der Waals surface area contributed by atoms with Gasteiger partial charge in [0.15, 0.2) is 0 Å². The molecule has 0 aliphatic rings. The third kappa shape index (κ3) is 3.94. The Morgan fingerprint density at radius 3 is 2.84 bits per heavy atom. The second-order valence-electron chi connectivity index (χ2n) is 5.60. The smallest absolute Gasteiger partial charge is 0.270 e. The monoisotopic (exact) mass is 339 g/mol. The van der Waals surface area contributed by atoms with Crippen LogP contribution < -0.4 is 11.1 Å². The number of nitrogens with zero attached hydrogens (tertiary/aromatic N) is 5. The summed E-state index contributed by atoms with van der Waals surface area (Å²) in [5.74, 6) is 0.423. The number of amides is 1. The Morgan fingerprint density at radius 2 is 2.12 bits per heavy atom. The number of anilines is 1. The van der Waals surface area contributed by atoms with E-state index in [4.69, 9.17) is 10.3 Å². The number of hydrogen-bond donors (Lipinski definition) is 2. The summed E-state index contributed by atoms with van der Waals surface area (Å²) in [6.07, 6.45) is 1.64. The lowest BCUT2D eigenvalue weighted by Crippen LogP contribution is -2.25. The normalized spacial score (nSPS) is 10.8. The van der Waals surface area contributed by atoms with Crippen LogP contribution in [0.5, 0.6) is 0 Å². The van der Waals surface area contributed by atoms with Gasteiger partial charge in [0.2, 0.25) is 17.7 Å². The molecule has 0 bridgehead atoms. The van der Waals surface area contributed by atoms with Crippen LogP contribution in [-0.2, 0) is 6.54 Å². The highest BCUT2D eigenvalue weighted by Gasteiger charge is 2.14. The Morgan fingerprint density at radius 1 is 1.28 bits per heavy atom. The zero-order valence-corrected chi connectivity index (χ0v) is 13.8. The lowest BCUT2D eigenvalue weighted by atomic mass is 10.1. The highest BCUT2D eigenvalue weighted by molar-refractivity contribution is 5.92. The summed E-state index contributed by atoms with van der Waals surface area (Å²) >= 11 is 0. The average molecular weight is 339 g/mol. The summed E-state index contributed by atoms with van der Waals surface area (Å²) in [5, 5.41) is 6.51. The third-order valence-corrected chi connectivity index (χ3v) is 3.35. The zero-order valence-electron chi connectivity index (χ0n) is 13.8. The molecule has 3 aromatic rings. The molecule has 0 unspecified atom stereocenters. The number of aromatic nitrogens is 5. The summed E-state index contributed by atoms with van der Waals surface area (Å²) in [7, 11) is 0. The van der Waals surface area contributed by atoms with Gasteiger partial charge >= 0.3 is 0 Å². The van der Waals surface area contributed by atoms with Crippen LogP contribution in [0.1, 0.15) is 41.8 Å². The van der Waals surface area contributed by atoms with E-state index in [0.29, 0.717) is 17.2 Å². The second kappa shape index (κ2) is 7.04. The maximum absolute atomic E-state index is 12.3. The summed E-state index contributed by atoms with van der Waals surface area (Å²) in [5.41, 5.74) is 7.15. The van der Waals surface area contributed by atoms with Crippen molar-refractivity contribution in [2.45, 2.75) is 26.3 Å². The van der Waals surface area contributed by atoms with Crippen LogP contribution in [-0.4, -0.2) is 31.0 Å². The van der Waals surface area contributed by atoms with Gasteiger partial charge < -0.3 is 15.6 Å². The molecule has 0 aliphatic heterocycles. The predicted octanol–water partition coefficient (Wildman–Crippen LogP) is 1.56. The Labute approximate surface area is 143 Å². The van der Waals surface area contributed by atoms with Crippen LogP contribution in [0.3, 0.4) is 0 Å². The van der Waals surface area contributed by atoms with Crippen molar-refractivity contribution in [3.8, 4) is 11.5 Å². The zero-order chi connectivity index (χ0) is 17.8. The van der Waals surface area contributed by atoms with Gasteiger partial charge in [-0.25, -0.2) is 9.97 Å². The number of carbonyl (C=O) groups excluding carboxylic acids is 1. The van der Waals surface area contributed by atoms with Crippen LogP contribution in [0.2, 0.25) is 0 Å². The van der Waals surface area contributed by atoms with E-state index in [1.54, 1.807) is 24.4 Å². The number of rotatable bonds is 5. The SMILES string of the molecule is CC(C)c1cc(C(=O)NCc2nc(-c3ccccn3)no2)nc(N)n1. The van der Waals surface area contributed by atoms with Crippen LogP contribution in [0.25, 0.3) is 11.5 Å². The minimum absolute atomic E-state index is 0.0616. The molecule has 0 saturated carbocycles. The van der Waals surface area contributed by atoms with Gasteiger partial charge in [0.05, 0.1) is 6.54 Å². The Bertz CT molecular complexity index is 877. The molecule has 0 atom stereocenters. The molecular formula is C16H17N7O2. The van der Waals surface area contributed by atoms with Gasteiger partial charge in [-0.3, -0.25) is 9.78 Å². The largest absolute Gasteiger partial charge is 0.368 e. The fourth-order valence-electron chi connectivity index (χ4n) is 2.07. The van der Waals surface area contributed by atoms with Crippen molar-refractivity contribution in [3.05, 3.63) is 47.7 Å². The van der Waals surface area contributed by atoms with E-state index in [1.807, 2.05) is 19.9 Å². The third-order valence-electron chi connectivity index (χ3n) is 3.35. The summed E-state index contributed by atoms with van der Waals surface area (Å²) < 4.78 is 5.12. The number of nitrogens with one attached hydrogen (secondary N) is 1. The van der Waals surface area contributed by atoms with Crippen molar-refractivity contribution in [3.63, 3.8) is 0 Å². The molecule has 0 aromatic carbocycles. The molecule has 0 fully saturated rings. The first-order chi connectivity index (χ1) is 12.0. The standard InChI is InChI=1S/C16H17N7O2/c1-9(2)11-7-12(21-16(17)20-11)15(24)19-8-13-22-14(23-25-13)10-5-3-4-6-18-10/h3-7,9H,8H2,1-2H3,(H,19,24)(H2,17,20,21). The quantitative estimate of drug-likeness (QED) is 0.715. The first kappa shape index (κ1) is 16.5. The molecule has 3 rings (SSSR count). The molecule has 0 radical (unpaired) electrons. The molecule has 3 heterocycles. The molecule has 9 heteroatoms.